The monoisotopic (exact) mass is 550 g/mol. The van der Waals surface area contributed by atoms with Gasteiger partial charge in [0.25, 0.3) is 0 Å². The Kier molecular flexibility index (Phi) is 10.2. The molecule has 5 rings (SSSR count). The standard InChI is InChI=1S/C36H48F2O2/c1-3-5-6-7-25-8-11-27(12-9-25)28-14-16-29(17-15-28)31-19-18-30-22-26(10-13-32(30)23-31)24-40-34-21-20-33(39-4-2)35(37)36(34)38/h3,5,8-9,11-12,20-21,26,28-32H,4,6-7,10,13-19,22-24H2,1-2H3. The number of ether oxygens (including phenoxy) is 2. The predicted molar refractivity (Wildman–Crippen MR) is 159 cm³/mol. The number of hydrogen-bond donors (Lipinski definition) is 0. The molecule has 3 aliphatic rings. The summed E-state index contributed by atoms with van der Waals surface area (Å²) in [6, 6.07) is 12.4. The van der Waals surface area contributed by atoms with Crippen molar-refractivity contribution in [1.29, 1.82) is 0 Å². The molecule has 2 nitrogen and oxygen atoms in total. The van der Waals surface area contributed by atoms with Gasteiger partial charge >= 0.3 is 0 Å². The van der Waals surface area contributed by atoms with E-state index in [0.29, 0.717) is 19.1 Å². The Morgan fingerprint density at radius 2 is 1.32 bits per heavy atom. The van der Waals surface area contributed by atoms with E-state index in [9.17, 15) is 8.78 Å². The first-order valence-electron chi connectivity index (χ1n) is 16.0. The molecular weight excluding hydrogens is 502 g/mol. The van der Waals surface area contributed by atoms with Crippen molar-refractivity contribution in [3.05, 3.63) is 71.3 Å². The molecule has 40 heavy (non-hydrogen) atoms. The van der Waals surface area contributed by atoms with Crippen LogP contribution in [0.5, 0.6) is 11.5 Å². The lowest BCUT2D eigenvalue weighted by atomic mass is 9.61. The summed E-state index contributed by atoms with van der Waals surface area (Å²) in [6.07, 6.45) is 19.7. The molecule has 0 bridgehead atoms. The third-order valence-corrected chi connectivity index (χ3v) is 10.3. The Hall–Kier alpha value is -2.36. The van der Waals surface area contributed by atoms with Gasteiger partial charge in [0.15, 0.2) is 11.5 Å². The molecule has 4 atom stereocenters. The Morgan fingerprint density at radius 1 is 0.725 bits per heavy atom. The molecule has 0 amide bonds. The first kappa shape index (κ1) is 29.1. The first-order valence-corrected chi connectivity index (χ1v) is 16.0. The summed E-state index contributed by atoms with van der Waals surface area (Å²) >= 11 is 0. The van der Waals surface area contributed by atoms with Crippen molar-refractivity contribution in [2.75, 3.05) is 13.2 Å². The maximum atomic E-state index is 14.4. The SMILES string of the molecule is CC=CCCc1ccc(C2CCC(C3CCC4CC(COc5ccc(OCC)c(F)c5F)CCC4C3)CC2)cc1. The number of allylic oxidation sites excluding steroid dienone is 2. The normalized spacial score (nSPS) is 28.8. The van der Waals surface area contributed by atoms with Gasteiger partial charge in [0.1, 0.15) is 0 Å². The number of halogens is 2. The van der Waals surface area contributed by atoms with E-state index in [0.717, 1.165) is 55.3 Å². The molecule has 0 aliphatic heterocycles. The minimum Gasteiger partial charge on any atom is -0.491 e. The zero-order chi connectivity index (χ0) is 27.9. The average molecular weight is 551 g/mol. The van der Waals surface area contributed by atoms with Gasteiger partial charge in [0, 0.05) is 0 Å². The molecule has 4 heteroatoms. The Morgan fingerprint density at radius 3 is 2.00 bits per heavy atom. The average Bonchev–Trinajstić information content (AvgIpc) is 2.99. The van der Waals surface area contributed by atoms with E-state index in [4.69, 9.17) is 9.47 Å². The van der Waals surface area contributed by atoms with Gasteiger partial charge < -0.3 is 9.47 Å². The van der Waals surface area contributed by atoms with Crippen molar-refractivity contribution < 1.29 is 18.3 Å². The van der Waals surface area contributed by atoms with Crippen molar-refractivity contribution in [1.82, 2.24) is 0 Å². The highest BCUT2D eigenvalue weighted by Crippen LogP contribution is 2.50. The summed E-state index contributed by atoms with van der Waals surface area (Å²) in [5, 5.41) is 0. The molecule has 4 unspecified atom stereocenters. The molecule has 3 fully saturated rings. The van der Waals surface area contributed by atoms with Crippen LogP contribution >= 0.6 is 0 Å². The third-order valence-electron chi connectivity index (χ3n) is 10.3. The Balaban J connectivity index is 1.05. The Labute approximate surface area is 240 Å². The molecule has 0 N–H and O–H groups in total. The maximum absolute atomic E-state index is 14.4. The topological polar surface area (TPSA) is 18.5 Å². The zero-order valence-electron chi connectivity index (χ0n) is 24.6. The van der Waals surface area contributed by atoms with E-state index < -0.39 is 11.6 Å². The largest absolute Gasteiger partial charge is 0.491 e. The lowest BCUT2D eigenvalue weighted by Gasteiger charge is -2.45. The second kappa shape index (κ2) is 14.0. The van der Waals surface area contributed by atoms with Gasteiger partial charge in [0.05, 0.1) is 13.2 Å². The van der Waals surface area contributed by atoms with Crippen molar-refractivity contribution in [3.8, 4) is 11.5 Å². The lowest BCUT2D eigenvalue weighted by molar-refractivity contribution is 0.0508. The summed E-state index contributed by atoms with van der Waals surface area (Å²) < 4.78 is 39.6. The molecule has 0 heterocycles. The van der Waals surface area contributed by atoms with Crippen molar-refractivity contribution in [2.45, 2.75) is 96.8 Å². The lowest BCUT2D eigenvalue weighted by Crippen LogP contribution is -2.35. The molecule has 2 aromatic rings. The fourth-order valence-electron chi connectivity index (χ4n) is 8.00. The van der Waals surface area contributed by atoms with Gasteiger partial charge in [-0.05, 0) is 150 Å². The highest BCUT2D eigenvalue weighted by Gasteiger charge is 2.39. The summed E-state index contributed by atoms with van der Waals surface area (Å²) in [5.41, 5.74) is 3.00. The van der Waals surface area contributed by atoms with Gasteiger partial charge in [-0.25, -0.2) is 0 Å². The van der Waals surface area contributed by atoms with Gasteiger partial charge in [-0.15, -0.1) is 0 Å². The van der Waals surface area contributed by atoms with Crippen molar-refractivity contribution >= 4 is 0 Å². The number of aryl methyl sites for hydroxylation is 1. The molecule has 218 valence electrons. The number of fused-ring (bicyclic) bond motifs is 1. The number of rotatable bonds is 10. The summed E-state index contributed by atoms with van der Waals surface area (Å²) in [4.78, 5) is 0. The minimum absolute atomic E-state index is 0.00253. The summed E-state index contributed by atoms with van der Waals surface area (Å²) in [5.74, 6) is 2.62. The van der Waals surface area contributed by atoms with E-state index in [1.165, 1.54) is 69.1 Å². The molecule has 3 aliphatic carbocycles. The van der Waals surface area contributed by atoms with Crippen LogP contribution in [0.15, 0.2) is 48.6 Å². The van der Waals surface area contributed by atoms with E-state index in [1.807, 2.05) is 0 Å². The first-order chi connectivity index (χ1) is 19.6. The van der Waals surface area contributed by atoms with Crippen LogP contribution in [0.1, 0.15) is 102 Å². The highest BCUT2D eigenvalue weighted by molar-refractivity contribution is 5.35. The minimum atomic E-state index is -0.955. The van der Waals surface area contributed by atoms with Crippen molar-refractivity contribution in [3.63, 3.8) is 0 Å². The predicted octanol–water partition coefficient (Wildman–Crippen LogP) is 10.1. The molecule has 0 aromatic heterocycles. The fourth-order valence-corrected chi connectivity index (χ4v) is 8.00. The number of benzene rings is 2. The maximum Gasteiger partial charge on any atom is 0.204 e. The summed E-state index contributed by atoms with van der Waals surface area (Å²) in [7, 11) is 0. The molecule has 0 saturated heterocycles. The molecule has 3 saturated carbocycles. The molecule has 0 radical (unpaired) electrons. The molecule has 0 spiro atoms. The number of hydrogen-bond acceptors (Lipinski definition) is 2. The van der Waals surface area contributed by atoms with Crippen LogP contribution in [0.25, 0.3) is 0 Å². The van der Waals surface area contributed by atoms with E-state index >= 15 is 0 Å². The van der Waals surface area contributed by atoms with Crippen LogP contribution in [-0.4, -0.2) is 13.2 Å². The van der Waals surface area contributed by atoms with Crippen LogP contribution in [0, 0.1) is 41.2 Å². The van der Waals surface area contributed by atoms with E-state index in [1.54, 1.807) is 12.5 Å². The molecular formula is C36H48F2O2. The van der Waals surface area contributed by atoms with Crippen LogP contribution < -0.4 is 9.47 Å². The second-order valence-electron chi connectivity index (χ2n) is 12.7. The third kappa shape index (κ3) is 7.09. The van der Waals surface area contributed by atoms with Crippen molar-refractivity contribution in [2.24, 2.45) is 29.6 Å². The van der Waals surface area contributed by atoms with Gasteiger partial charge in [-0.3, -0.25) is 0 Å². The quantitative estimate of drug-likeness (QED) is 0.274. The zero-order valence-corrected chi connectivity index (χ0v) is 24.6. The highest BCUT2D eigenvalue weighted by atomic mass is 19.2. The van der Waals surface area contributed by atoms with Gasteiger partial charge in [-0.1, -0.05) is 36.4 Å². The van der Waals surface area contributed by atoms with Gasteiger partial charge in [0.2, 0.25) is 11.6 Å². The van der Waals surface area contributed by atoms with E-state index in [2.05, 4.69) is 43.3 Å². The molecule has 2 aromatic carbocycles. The Bertz CT molecular complexity index is 1100. The summed E-state index contributed by atoms with van der Waals surface area (Å²) in [6.45, 7) is 4.62. The van der Waals surface area contributed by atoms with Crippen LogP contribution in [-0.2, 0) is 6.42 Å². The van der Waals surface area contributed by atoms with Gasteiger partial charge in [-0.2, -0.15) is 8.78 Å². The van der Waals surface area contributed by atoms with Crippen LogP contribution in [0.2, 0.25) is 0 Å². The van der Waals surface area contributed by atoms with Crippen LogP contribution in [0.3, 0.4) is 0 Å². The smallest absolute Gasteiger partial charge is 0.204 e. The fraction of sp³-hybridized carbons (Fsp3) is 0.611. The van der Waals surface area contributed by atoms with E-state index in [-0.39, 0.29) is 11.5 Å². The van der Waals surface area contributed by atoms with Crippen LogP contribution in [0.4, 0.5) is 8.78 Å². The second-order valence-corrected chi connectivity index (χ2v) is 12.7.